The number of para-hydroxylation sites is 1. The van der Waals surface area contributed by atoms with Crippen LogP contribution in [0, 0.1) is 0 Å². The van der Waals surface area contributed by atoms with E-state index in [1.807, 2.05) is 42.5 Å². The number of aromatic nitrogens is 2. The van der Waals surface area contributed by atoms with Gasteiger partial charge in [-0.1, -0.05) is 40.2 Å². The first-order valence-corrected chi connectivity index (χ1v) is 7.88. The average molecular weight is 340 g/mol. The normalized spacial score (nSPS) is 14.3. The highest BCUT2D eigenvalue weighted by Gasteiger charge is 2.22. The fourth-order valence-electron chi connectivity index (χ4n) is 2.36. The predicted octanol–water partition coefficient (Wildman–Crippen LogP) is 4.63. The molecule has 104 valence electrons. The highest BCUT2D eigenvalue weighted by Crippen LogP contribution is 2.30. The Bertz CT molecular complexity index is 812. The van der Waals surface area contributed by atoms with Crippen LogP contribution in [0.2, 0.25) is 0 Å². The largest absolute Gasteiger partial charge is 0.367 e. The van der Waals surface area contributed by atoms with Gasteiger partial charge in [0.25, 0.3) is 0 Å². The third-order valence-electron chi connectivity index (χ3n) is 3.60. The molecule has 21 heavy (non-hydrogen) atoms. The lowest BCUT2D eigenvalue weighted by Crippen LogP contribution is -2.05. The minimum atomic E-state index is 0.568. The molecule has 3 aromatic rings. The van der Waals surface area contributed by atoms with Crippen molar-refractivity contribution in [2.24, 2.45) is 0 Å². The lowest BCUT2D eigenvalue weighted by atomic mass is 10.2. The number of rotatable bonds is 3. The summed E-state index contributed by atoms with van der Waals surface area (Å²) in [5.41, 5.74) is 2.00. The zero-order valence-electron chi connectivity index (χ0n) is 11.4. The number of anilines is 1. The minimum Gasteiger partial charge on any atom is -0.367 e. The van der Waals surface area contributed by atoms with Crippen molar-refractivity contribution >= 4 is 32.7 Å². The Morgan fingerprint density at radius 3 is 2.67 bits per heavy atom. The van der Waals surface area contributed by atoms with Crippen LogP contribution in [-0.4, -0.2) is 16.0 Å². The monoisotopic (exact) mass is 339 g/mol. The van der Waals surface area contributed by atoms with Crippen LogP contribution in [0.1, 0.15) is 12.8 Å². The van der Waals surface area contributed by atoms with E-state index in [2.05, 4.69) is 27.3 Å². The van der Waals surface area contributed by atoms with Gasteiger partial charge in [-0.25, -0.2) is 9.97 Å². The number of halogens is 1. The second-order valence-electron chi connectivity index (χ2n) is 5.34. The van der Waals surface area contributed by atoms with Gasteiger partial charge < -0.3 is 5.32 Å². The maximum atomic E-state index is 4.75. The quantitative estimate of drug-likeness (QED) is 0.755. The Balaban J connectivity index is 1.89. The number of fused-ring (bicyclic) bond motifs is 1. The fraction of sp³-hybridized carbons (Fsp3) is 0.176. The summed E-state index contributed by atoms with van der Waals surface area (Å²) in [5, 5.41) is 4.61. The third kappa shape index (κ3) is 2.63. The molecular formula is C17H14BrN3. The van der Waals surface area contributed by atoms with Gasteiger partial charge in [-0.15, -0.1) is 0 Å². The van der Waals surface area contributed by atoms with E-state index in [1.54, 1.807) is 0 Å². The molecule has 1 aliphatic rings. The summed E-state index contributed by atoms with van der Waals surface area (Å²) in [4.78, 5) is 9.45. The van der Waals surface area contributed by atoms with Crippen LogP contribution in [0.5, 0.6) is 0 Å². The summed E-state index contributed by atoms with van der Waals surface area (Å²) in [6.45, 7) is 0. The Morgan fingerprint density at radius 2 is 1.86 bits per heavy atom. The van der Waals surface area contributed by atoms with Crippen LogP contribution < -0.4 is 5.32 Å². The molecule has 1 N–H and O–H groups in total. The first kappa shape index (κ1) is 12.8. The van der Waals surface area contributed by atoms with Gasteiger partial charge in [0.15, 0.2) is 5.82 Å². The lowest BCUT2D eigenvalue weighted by molar-refractivity contribution is 1.11. The average Bonchev–Trinajstić information content (AvgIpc) is 3.31. The lowest BCUT2D eigenvalue weighted by Gasteiger charge is -2.10. The number of nitrogens with zero attached hydrogens (tertiary/aromatic N) is 2. The Hall–Kier alpha value is -1.94. The van der Waals surface area contributed by atoms with E-state index in [4.69, 9.17) is 9.97 Å². The van der Waals surface area contributed by atoms with Crippen molar-refractivity contribution in [1.29, 1.82) is 0 Å². The molecule has 0 aliphatic heterocycles. The van der Waals surface area contributed by atoms with Gasteiger partial charge in [-0.3, -0.25) is 0 Å². The number of nitrogens with one attached hydrogen (secondary N) is 1. The SMILES string of the molecule is Brc1cccc(-c2nc(NC3CC3)c3ccccc3n2)c1. The van der Waals surface area contributed by atoms with Crippen LogP contribution >= 0.6 is 15.9 Å². The second-order valence-corrected chi connectivity index (χ2v) is 6.26. The summed E-state index contributed by atoms with van der Waals surface area (Å²) in [6, 6.07) is 16.8. The Kier molecular flexibility index (Phi) is 3.11. The molecule has 1 heterocycles. The van der Waals surface area contributed by atoms with Gasteiger partial charge in [0.1, 0.15) is 5.82 Å². The summed E-state index contributed by atoms with van der Waals surface area (Å²) in [7, 11) is 0. The molecule has 1 saturated carbocycles. The van der Waals surface area contributed by atoms with Crippen molar-refractivity contribution in [3.8, 4) is 11.4 Å². The molecular weight excluding hydrogens is 326 g/mol. The molecule has 0 atom stereocenters. The van der Waals surface area contributed by atoms with E-state index >= 15 is 0 Å². The highest BCUT2D eigenvalue weighted by atomic mass is 79.9. The highest BCUT2D eigenvalue weighted by molar-refractivity contribution is 9.10. The van der Waals surface area contributed by atoms with Crippen molar-refractivity contribution in [3.05, 3.63) is 53.0 Å². The van der Waals surface area contributed by atoms with E-state index in [0.29, 0.717) is 6.04 Å². The molecule has 0 saturated heterocycles. The Labute approximate surface area is 131 Å². The third-order valence-corrected chi connectivity index (χ3v) is 4.10. The predicted molar refractivity (Wildman–Crippen MR) is 89.3 cm³/mol. The van der Waals surface area contributed by atoms with Crippen LogP contribution in [0.3, 0.4) is 0 Å². The molecule has 0 bridgehead atoms. The first-order valence-electron chi connectivity index (χ1n) is 7.09. The van der Waals surface area contributed by atoms with Crippen LogP contribution in [0.15, 0.2) is 53.0 Å². The molecule has 0 spiro atoms. The van der Waals surface area contributed by atoms with Gasteiger partial charge in [-0.05, 0) is 37.1 Å². The number of hydrogen-bond acceptors (Lipinski definition) is 3. The van der Waals surface area contributed by atoms with E-state index in [1.165, 1.54) is 12.8 Å². The fourth-order valence-corrected chi connectivity index (χ4v) is 2.76. The van der Waals surface area contributed by atoms with Gasteiger partial charge in [0.2, 0.25) is 0 Å². The standard InChI is InChI=1S/C17H14BrN3/c18-12-5-3-4-11(10-12)16-20-15-7-2-1-6-14(15)17(21-16)19-13-8-9-13/h1-7,10,13H,8-9H2,(H,19,20,21). The zero-order chi connectivity index (χ0) is 14.2. The van der Waals surface area contributed by atoms with Crippen LogP contribution in [-0.2, 0) is 0 Å². The molecule has 1 aromatic heterocycles. The second kappa shape index (κ2) is 5.11. The van der Waals surface area contributed by atoms with Gasteiger partial charge in [0.05, 0.1) is 5.52 Å². The van der Waals surface area contributed by atoms with E-state index in [0.717, 1.165) is 32.6 Å². The molecule has 0 amide bonds. The number of hydrogen-bond donors (Lipinski definition) is 1. The summed E-state index contributed by atoms with van der Waals surface area (Å²) in [6.07, 6.45) is 2.45. The van der Waals surface area contributed by atoms with E-state index in [9.17, 15) is 0 Å². The molecule has 1 aliphatic carbocycles. The summed E-state index contributed by atoms with van der Waals surface area (Å²) < 4.78 is 1.04. The maximum absolute atomic E-state index is 4.75. The first-order chi connectivity index (χ1) is 10.3. The maximum Gasteiger partial charge on any atom is 0.162 e. The number of benzene rings is 2. The van der Waals surface area contributed by atoms with Crippen LogP contribution in [0.4, 0.5) is 5.82 Å². The van der Waals surface area contributed by atoms with Crippen molar-refractivity contribution in [3.63, 3.8) is 0 Å². The summed E-state index contributed by atoms with van der Waals surface area (Å²) in [5.74, 6) is 1.70. The molecule has 0 radical (unpaired) electrons. The van der Waals surface area contributed by atoms with Crippen molar-refractivity contribution < 1.29 is 0 Å². The van der Waals surface area contributed by atoms with E-state index in [-0.39, 0.29) is 0 Å². The topological polar surface area (TPSA) is 37.8 Å². The Morgan fingerprint density at radius 1 is 1.00 bits per heavy atom. The zero-order valence-corrected chi connectivity index (χ0v) is 13.0. The molecule has 2 aromatic carbocycles. The van der Waals surface area contributed by atoms with Crippen LogP contribution in [0.25, 0.3) is 22.3 Å². The van der Waals surface area contributed by atoms with Gasteiger partial charge >= 0.3 is 0 Å². The molecule has 0 unspecified atom stereocenters. The van der Waals surface area contributed by atoms with Crippen molar-refractivity contribution in [2.45, 2.75) is 18.9 Å². The van der Waals surface area contributed by atoms with Gasteiger partial charge in [0, 0.05) is 21.5 Å². The van der Waals surface area contributed by atoms with Gasteiger partial charge in [-0.2, -0.15) is 0 Å². The smallest absolute Gasteiger partial charge is 0.162 e. The minimum absolute atomic E-state index is 0.568. The molecule has 1 fully saturated rings. The van der Waals surface area contributed by atoms with Crippen molar-refractivity contribution in [1.82, 2.24) is 9.97 Å². The van der Waals surface area contributed by atoms with Crippen molar-refractivity contribution in [2.75, 3.05) is 5.32 Å². The molecule has 3 nitrogen and oxygen atoms in total. The molecule has 4 rings (SSSR count). The van der Waals surface area contributed by atoms with E-state index < -0.39 is 0 Å². The molecule has 4 heteroatoms. The summed E-state index contributed by atoms with van der Waals surface area (Å²) >= 11 is 3.51.